The molecule has 8 heteroatoms. The maximum Gasteiger partial charge on any atom is 0.261 e. The molecule has 0 unspecified atom stereocenters. The van der Waals surface area contributed by atoms with Crippen LogP contribution in [0.4, 0.5) is 23.2 Å². The van der Waals surface area contributed by atoms with E-state index in [4.69, 9.17) is 4.74 Å². The monoisotopic (exact) mass is 352 g/mol. The smallest absolute Gasteiger partial charge is 0.261 e. The number of benzene rings is 2. The third kappa shape index (κ3) is 3.15. The SMILES string of the molecule is CCOc1cc(F)c(C(=O)Nc2c[nH]c3cc(F)c(F)cc23)c(F)c1. The van der Waals surface area contributed by atoms with Gasteiger partial charge in [-0.25, -0.2) is 17.6 Å². The molecule has 1 heterocycles. The highest BCUT2D eigenvalue weighted by Gasteiger charge is 2.21. The average molecular weight is 352 g/mol. The summed E-state index contributed by atoms with van der Waals surface area (Å²) in [5.74, 6) is -5.48. The van der Waals surface area contributed by atoms with Crippen LogP contribution < -0.4 is 10.1 Å². The zero-order chi connectivity index (χ0) is 18.1. The van der Waals surface area contributed by atoms with Crippen LogP contribution in [-0.2, 0) is 0 Å². The minimum absolute atomic E-state index is 0.0429. The van der Waals surface area contributed by atoms with Crippen molar-refractivity contribution in [2.24, 2.45) is 0 Å². The number of fused-ring (bicyclic) bond motifs is 1. The van der Waals surface area contributed by atoms with Gasteiger partial charge in [-0.1, -0.05) is 0 Å². The van der Waals surface area contributed by atoms with E-state index in [0.717, 1.165) is 24.3 Å². The molecular weight excluding hydrogens is 340 g/mol. The van der Waals surface area contributed by atoms with E-state index in [-0.39, 0.29) is 28.9 Å². The number of amides is 1. The van der Waals surface area contributed by atoms with Gasteiger partial charge in [0.05, 0.1) is 17.8 Å². The lowest BCUT2D eigenvalue weighted by Gasteiger charge is -2.09. The van der Waals surface area contributed by atoms with E-state index in [9.17, 15) is 22.4 Å². The second-order valence-corrected chi connectivity index (χ2v) is 5.16. The predicted octanol–water partition coefficient (Wildman–Crippen LogP) is 4.38. The van der Waals surface area contributed by atoms with Crippen molar-refractivity contribution in [3.8, 4) is 5.75 Å². The molecule has 0 aliphatic heterocycles. The third-order valence-electron chi connectivity index (χ3n) is 3.52. The van der Waals surface area contributed by atoms with E-state index in [1.54, 1.807) is 6.92 Å². The largest absolute Gasteiger partial charge is 0.494 e. The number of H-pyrrole nitrogens is 1. The molecule has 2 N–H and O–H groups in total. The number of nitrogens with one attached hydrogen (secondary N) is 2. The molecule has 1 amide bonds. The second-order valence-electron chi connectivity index (χ2n) is 5.16. The fourth-order valence-corrected chi connectivity index (χ4v) is 2.42. The number of halogens is 4. The molecule has 0 aliphatic carbocycles. The number of rotatable bonds is 4. The van der Waals surface area contributed by atoms with E-state index in [1.807, 2.05) is 0 Å². The Hall–Kier alpha value is -3.03. The van der Waals surface area contributed by atoms with Gasteiger partial charge >= 0.3 is 0 Å². The number of carbonyl (C=O) groups excluding carboxylic acids is 1. The minimum atomic E-state index is -1.11. The first kappa shape index (κ1) is 16.8. The van der Waals surface area contributed by atoms with Crippen LogP contribution in [0.3, 0.4) is 0 Å². The molecule has 0 bridgehead atoms. The minimum Gasteiger partial charge on any atom is -0.494 e. The van der Waals surface area contributed by atoms with Crippen LogP contribution >= 0.6 is 0 Å². The molecule has 0 fully saturated rings. The fraction of sp³-hybridized carbons (Fsp3) is 0.118. The molecule has 130 valence electrons. The Labute approximate surface area is 139 Å². The number of hydrogen-bond acceptors (Lipinski definition) is 2. The number of carbonyl (C=O) groups is 1. The van der Waals surface area contributed by atoms with Crippen LogP contribution in [0.15, 0.2) is 30.5 Å². The number of aromatic nitrogens is 1. The Kier molecular flexibility index (Phi) is 4.35. The highest BCUT2D eigenvalue weighted by Crippen LogP contribution is 2.27. The molecule has 25 heavy (non-hydrogen) atoms. The summed E-state index contributed by atoms with van der Waals surface area (Å²) in [5, 5.41) is 2.45. The summed E-state index contributed by atoms with van der Waals surface area (Å²) in [6, 6.07) is 3.58. The van der Waals surface area contributed by atoms with Crippen molar-refractivity contribution in [3.05, 3.63) is 59.3 Å². The van der Waals surface area contributed by atoms with E-state index >= 15 is 0 Å². The molecule has 0 radical (unpaired) electrons. The number of ether oxygens (including phenoxy) is 1. The summed E-state index contributed by atoms with van der Waals surface area (Å²) in [4.78, 5) is 14.8. The summed E-state index contributed by atoms with van der Waals surface area (Å²) in [6.45, 7) is 1.86. The highest BCUT2D eigenvalue weighted by atomic mass is 19.2. The van der Waals surface area contributed by atoms with Crippen molar-refractivity contribution in [2.75, 3.05) is 11.9 Å². The lowest BCUT2D eigenvalue weighted by Crippen LogP contribution is -2.16. The number of hydrogen-bond donors (Lipinski definition) is 2. The molecule has 0 saturated carbocycles. The predicted molar refractivity (Wildman–Crippen MR) is 83.7 cm³/mol. The van der Waals surface area contributed by atoms with Crippen LogP contribution in [-0.4, -0.2) is 17.5 Å². The first-order chi connectivity index (χ1) is 11.9. The third-order valence-corrected chi connectivity index (χ3v) is 3.52. The Morgan fingerprint density at radius 3 is 2.32 bits per heavy atom. The van der Waals surface area contributed by atoms with Gasteiger partial charge in [-0.05, 0) is 13.0 Å². The summed E-state index contributed by atoms with van der Waals surface area (Å²) in [7, 11) is 0. The van der Waals surface area contributed by atoms with E-state index < -0.39 is 34.7 Å². The molecule has 0 aliphatic rings. The summed E-state index contributed by atoms with van der Waals surface area (Å²) in [6.07, 6.45) is 1.27. The first-order valence-electron chi connectivity index (χ1n) is 7.30. The zero-order valence-corrected chi connectivity index (χ0v) is 12.9. The van der Waals surface area contributed by atoms with Gasteiger partial charge in [-0.3, -0.25) is 4.79 Å². The van der Waals surface area contributed by atoms with Gasteiger partial charge in [0.25, 0.3) is 5.91 Å². The van der Waals surface area contributed by atoms with Crippen molar-refractivity contribution in [2.45, 2.75) is 6.92 Å². The lowest BCUT2D eigenvalue weighted by atomic mass is 10.1. The molecule has 2 aromatic carbocycles. The summed E-state index contributed by atoms with van der Waals surface area (Å²) in [5.41, 5.74) is -0.520. The van der Waals surface area contributed by atoms with E-state index in [0.29, 0.717) is 0 Å². The Morgan fingerprint density at radius 2 is 1.68 bits per heavy atom. The Bertz CT molecular complexity index is 946. The van der Waals surface area contributed by atoms with Crippen molar-refractivity contribution in [1.29, 1.82) is 0 Å². The molecule has 0 spiro atoms. The van der Waals surface area contributed by atoms with Gasteiger partial charge in [-0.15, -0.1) is 0 Å². The first-order valence-corrected chi connectivity index (χ1v) is 7.30. The molecule has 3 rings (SSSR count). The summed E-state index contributed by atoms with van der Waals surface area (Å²) >= 11 is 0. The number of aromatic amines is 1. The quantitative estimate of drug-likeness (QED) is 0.685. The van der Waals surface area contributed by atoms with E-state index in [1.165, 1.54) is 6.20 Å². The van der Waals surface area contributed by atoms with Crippen LogP contribution in [0.25, 0.3) is 10.9 Å². The van der Waals surface area contributed by atoms with E-state index in [2.05, 4.69) is 10.3 Å². The van der Waals surface area contributed by atoms with Gasteiger partial charge in [0.15, 0.2) is 11.6 Å². The molecular formula is C17H12F4N2O2. The molecule has 3 aromatic rings. The normalized spacial score (nSPS) is 10.9. The van der Waals surface area contributed by atoms with Crippen LogP contribution in [0, 0.1) is 23.3 Å². The molecule has 4 nitrogen and oxygen atoms in total. The Morgan fingerprint density at radius 1 is 1.04 bits per heavy atom. The zero-order valence-electron chi connectivity index (χ0n) is 12.9. The van der Waals surface area contributed by atoms with Gasteiger partial charge in [0, 0.05) is 29.8 Å². The lowest BCUT2D eigenvalue weighted by molar-refractivity contribution is 0.101. The van der Waals surface area contributed by atoms with Crippen LogP contribution in [0.2, 0.25) is 0 Å². The van der Waals surface area contributed by atoms with Crippen molar-refractivity contribution < 1.29 is 27.1 Å². The Balaban J connectivity index is 1.94. The maximum absolute atomic E-state index is 14.0. The van der Waals surface area contributed by atoms with Gasteiger partial charge in [-0.2, -0.15) is 0 Å². The maximum atomic E-state index is 14.0. The molecule has 1 aromatic heterocycles. The van der Waals surface area contributed by atoms with Gasteiger partial charge < -0.3 is 15.0 Å². The van der Waals surface area contributed by atoms with Crippen molar-refractivity contribution in [3.63, 3.8) is 0 Å². The van der Waals surface area contributed by atoms with Crippen LogP contribution in [0.5, 0.6) is 5.75 Å². The summed E-state index contributed by atoms with van der Waals surface area (Å²) < 4.78 is 59.7. The molecule has 0 atom stereocenters. The van der Waals surface area contributed by atoms with Crippen LogP contribution in [0.1, 0.15) is 17.3 Å². The van der Waals surface area contributed by atoms with Crippen molar-refractivity contribution in [1.82, 2.24) is 4.98 Å². The van der Waals surface area contributed by atoms with Gasteiger partial charge in [0.1, 0.15) is 22.9 Å². The second kappa shape index (κ2) is 6.46. The number of anilines is 1. The molecule has 0 saturated heterocycles. The van der Waals surface area contributed by atoms with Crippen molar-refractivity contribution >= 4 is 22.5 Å². The topological polar surface area (TPSA) is 54.1 Å². The average Bonchev–Trinajstić information content (AvgIpc) is 2.89. The standard InChI is InChI=1S/C17H12F4N2O2/c1-2-25-8-3-12(20)16(13(21)4-8)17(24)23-15-7-22-14-6-11(19)10(18)5-9(14)15/h3-7,22H,2H2,1H3,(H,23,24). The van der Waals surface area contributed by atoms with Gasteiger partial charge in [0.2, 0.25) is 0 Å². The highest BCUT2D eigenvalue weighted by molar-refractivity contribution is 6.09. The fourth-order valence-electron chi connectivity index (χ4n) is 2.42.